The molecule has 0 spiro atoms. The Morgan fingerprint density at radius 3 is 2.79 bits per heavy atom. The molecule has 0 aliphatic heterocycles. The van der Waals surface area contributed by atoms with Gasteiger partial charge in [-0.15, -0.1) is 0 Å². The second kappa shape index (κ2) is 4.52. The third-order valence-electron chi connectivity index (χ3n) is 3.11. The van der Waals surface area contributed by atoms with Crippen LogP contribution in [0.25, 0.3) is 22.2 Å². The fourth-order valence-electron chi connectivity index (χ4n) is 2.22. The van der Waals surface area contributed by atoms with Gasteiger partial charge in [-0.1, -0.05) is 23.7 Å². The van der Waals surface area contributed by atoms with E-state index in [0.29, 0.717) is 5.02 Å². The predicted molar refractivity (Wildman–Crippen MR) is 79.7 cm³/mol. The van der Waals surface area contributed by atoms with Crippen LogP contribution in [0.3, 0.4) is 0 Å². The Bertz CT molecular complexity index is 749. The van der Waals surface area contributed by atoms with Gasteiger partial charge in [-0.25, -0.2) is 0 Å². The maximum Gasteiger partial charge on any atom is 0.129 e. The van der Waals surface area contributed by atoms with Crippen molar-refractivity contribution in [3.05, 3.63) is 47.5 Å². The average Bonchev–Trinajstić information content (AvgIpc) is 2.80. The lowest BCUT2D eigenvalue weighted by Crippen LogP contribution is -1.88. The number of nitrogens with two attached hydrogens (primary N) is 1. The van der Waals surface area contributed by atoms with Gasteiger partial charge in [0, 0.05) is 16.6 Å². The zero-order valence-corrected chi connectivity index (χ0v) is 11.2. The molecule has 96 valence electrons. The fraction of sp³-hybridized carbons (Fsp3) is 0.0667. The highest BCUT2D eigenvalue weighted by atomic mass is 35.5. The van der Waals surface area contributed by atoms with E-state index < -0.39 is 0 Å². The summed E-state index contributed by atoms with van der Waals surface area (Å²) in [4.78, 5) is 3.32. The van der Waals surface area contributed by atoms with E-state index in [4.69, 9.17) is 22.1 Å². The van der Waals surface area contributed by atoms with Gasteiger partial charge < -0.3 is 15.5 Å². The highest BCUT2D eigenvalue weighted by molar-refractivity contribution is 6.33. The van der Waals surface area contributed by atoms with Gasteiger partial charge in [0.25, 0.3) is 0 Å². The van der Waals surface area contributed by atoms with Crippen molar-refractivity contribution in [1.29, 1.82) is 0 Å². The van der Waals surface area contributed by atoms with E-state index in [1.165, 1.54) is 0 Å². The van der Waals surface area contributed by atoms with E-state index in [1.54, 1.807) is 7.11 Å². The van der Waals surface area contributed by atoms with Gasteiger partial charge in [-0.05, 0) is 30.3 Å². The lowest BCUT2D eigenvalue weighted by molar-refractivity contribution is 0.416. The maximum absolute atomic E-state index is 6.28. The molecule has 0 unspecified atom stereocenters. The summed E-state index contributed by atoms with van der Waals surface area (Å²) in [6, 6.07) is 13.4. The Kier molecular flexibility index (Phi) is 2.84. The van der Waals surface area contributed by atoms with Crippen LogP contribution in [0.15, 0.2) is 42.5 Å². The van der Waals surface area contributed by atoms with Crippen molar-refractivity contribution < 1.29 is 4.74 Å². The number of hydrogen-bond acceptors (Lipinski definition) is 2. The number of nitrogen functional groups attached to an aromatic ring is 1. The molecule has 0 saturated carbocycles. The first-order valence-corrected chi connectivity index (χ1v) is 6.28. The van der Waals surface area contributed by atoms with Gasteiger partial charge in [0.05, 0.1) is 23.4 Å². The van der Waals surface area contributed by atoms with E-state index in [2.05, 4.69) is 4.98 Å². The van der Waals surface area contributed by atoms with Crippen molar-refractivity contribution in [3.8, 4) is 17.0 Å². The number of fused-ring (bicyclic) bond motifs is 1. The fourth-order valence-corrected chi connectivity index (χ4v) is 2.48. The van der Waals surface area contributed by atoms with E-state index >= 15 is 0 Å². The molecule has 0 fully saturated rings. The zero-order valence-electron chi connectivity index (χ0n) is 10.4. The Balaban J connectivity index is 2.24. The summed E-state index contributed by atoms with van der Waals surface area (Å²) in [5.41, 5.74) is 9.28. The van der Waals surface area contributed by atoms with Crippen LogP contribution in [-0.4, -0.2) is 12.1 Å². The molecule has 2 aromatic carbocycles. The van der Waals surface area contributed by atoms with Crippen molar-refractivity contribution in [3.63, 3.8) is 0 Å². The van der Waals surface area contributed by atoms with Crippen molar-refractivity contribution in [2.75, 3.05) is 12.8 Å². The molecule has 3 rings (SSSR count). The van der Waals surface area contributed by atoms with Crippen molar-refractivity contribution in [2.45, 2.75) is 0 Å². The quantitative estimate of drug-likeness (QED) is 0.691. The van der Waals surface area contributed by atoms with Crippen molar-refractivity contribution >= 4 is 28.2 Å². The molecule has 4 heteroatoms. The lowest BCUT2D eigenvalue weighted by atomic mass is 10.1. The lowest BCUT2D eigenvalue weighted by Gasteiger charge is -2.08. The highest BCUT2D eigenvalue weighted by Crippen LogP contribution is 2.37. The molecule has 0 saturated heterocycles. The monoisotopic (exact) mass is 272 g/mol. The minimum absolute atomic E-state index is 0.652. The predicted octanol–water partition coefficient (Wildman–Crippen LogP) is 4.08. The smallest absolute Gasteiger partial charge is 0.129 e. The van der Waals surface area contributed by atoms with E-state index in [1.807, 2.05) is 42.5 Å². The Morgan fingerprint density at radius 1 is 1.16 bits per heavy atom. The Hall–Kier alpha value is -2.13. The summed E-state index contributed by atoms with van der Waals surface area (Å²) in [6.45, 7) is 0. The summed E-state index contributed by atoms with van der Waals surface area (Å²) in [7, 11) is 1.63. The minimum Gasteiger partial charge on any atom is -0.496 e. The van der Waals surface area contributed by atoms with Crippen LogP contribution in [0.2, 0.25) is 5.02 Å². The summed E-state index contributed by atoms with van der Waals surface area (Å²) in [5, 5.41) is 1.74. The first kappa shape index (κ1) is 11.9. The van der Waals surface area contributed by atoms with Crippen LogP contribution >= 0.6 is 11.6 Å². The number of ether oxygens (including phenoxy) is 1. The first-order valence-electron chi connectivity index (χ1n) is 5.90. The second-order valence-electron chi connectivity index (χ2n) is 4.35. The molecule has 0 atom stereocenters. The van der Waals surface area contributed by atoms with Crippen LogP contribution in [0.5, 0.6) is 5.75 Å². The van der Waals surface area contributed by atoms with E-state index in [-0.39, 0.29) is 0 Å². The number of H-pyrrole nitrogens is 1. The number of benzene rings is 2. The molecule has 0 radical (unpaired) electrons. The molecule has 3 aromatic rings. The first-order chi connectivity index (χ1) is 9.19. The molecule has 1 heterocycles. The van der Waals surface area contributed by atoms with Crippen LogP contribution in [0, 0.1) is 0 Å². The third kappa shape index (κ3) is 2.02. The van der Waals surface area contributed by atoms with E-state index in [0.717, 1.165) is 33.6 Å². The number of rotatable bonds is 2. The van der Waals surface area contributed by atoms with Crippen LogP contribution in [0.1, 0.15) is 0 Å². The van der Waals surface area contributed by atoms with Crippen LogP contribution in [-0.2, 0) is 0 Å². The normalized spacial score (nSPS) is 10.8. The summed E-state index contributed by atoms with van der Waals surface area (Å²) in [6.07, 6.45) is 0. The molecule has 3 nitrogen and oxygen atoms in total. The van der Waals surface area contributed by atoms with Gasteiger partial charge in [0.2, 0.25) is 0 Å². The van der Waals surface area contributed by atoms with Gasteiger partial charge in [-0.2, -0.15) is 0 Å². The SMILES string of the molecule is COc1cccc(Cl)c1-c1cc2ccc(N)cc2[nH]1. The van der Waals surface area contributed by atoms with Gasteiger partial charge in [0.15, 0.2) is 0 Å². The largest absolute Gasteiger partial charge is 0.496 e. The highest BCUT2D eigenvalue weighted by Gasteiger charge is 2.12. The topological polar surface area (TPSA) is 51.0 Å². The average molecular weight is 273 g/mol. The number of anilines is 1. The van der Waals surface area contributed by atoms with Crippen LogP contribution < -0.4 is 10.5 Å². The molecule has 0 amide bonds. The van der Waals surface area contributed by atoms with Crippen molar-refractivity contribution in [1.82, 2.24) is 4.98 Å². The molecule has 0 aliphatic carbocycles. The summed E-state index contributed by atoms with van der Waals surface area (Å²) in [5.74, 6) is 0.743. The second-order valence-corrected chi connectivity index (χ2v) is 4.75. The number of aromatic amines is 1. The molecular weight excluding hydrogens is 260 g/mol. The molecule has 19 heavy (non-hydrogen) atoms. The van der Waals surface area contributed by atoms with Gasteiger partial charge >= 0.3 is 0 Å². The Labute approximate surface area is 116 Å². The minimum atomic E-state index is 0.652. The summed E-state index contributed by atoms with van der Waals surface area (Å²) >= 11 is 6.28. The number of methoxy groups -OCH3 is 1. The molecule has 0 aliphatic rings. The standard InChI is InChI=1S/C15H13ClN2O/c1-19-14-4-2-3-11(16)15(14)13-7-9-5-6-10(17)8-12(9)18-13/h2-8,18H,17H2,1H3. The molecular formula is C15H13ClN2O. The van der Waals surface area contributed by atoms with Crippen molar-refractivity contribution in [2.24, 2.45) is 0 Å². The maximum atomic E-state index is 6.28. The number of halogens is 1. The van der Waals surface area contributed by atoms with Crippen LogP contribution in [0.4, 0.5) is 5.69 Å². The number of hydrogen-bond donors (Lipinski definition) is 2. The van der Waals surface area contributed by atoms with E-state index in [9.17, 15) is 0 Å². The summed E-state index contributed by atoms with van der Waals surface area (Å²) < 4.78 is 5.37. The molecule has 3 N–H and O–H groups in total. The Morgan fingerprint density at radius 2 is 2.00 bits per heavy atom. The van der Waals surface area contributed by atoms with Gasteiger partial charge in [-0.3, -0.25) is 0 Å². The zero-order chi connectivity index (χ0) is 13.4. The molecule has 0 bridgehead atoms. The third-order valence-corrected chi connectivity index (χ3v) is 3.43. The van der Waals surface area contributed by atoms with Gasteiger partial charge in [0.1, 0.15) is 5.75 Å². The number of aromatic nitrogens is 1. The number of nitrogens with one attached hydrogen (secondary N) is 1. The molecule has 1 aromatic heterocycles.